The van der Waals surface area contributed by atoms with Crippen molar-refractivity contribution in [1.82, 2.24) is 10.3 Å². The molecule has 1 aromatic rings. The summed E-state index contributed by atoms with van der Waals surface area (Å²) in [5, 5.41) is 15.0. The van der Waals surface area contributed by atoms with E-state index in [-0.39, 0.29) is 17.4 Å². The van der Waals surface area contributed by atoms with Crippen molar-refractivity contribution in [3.8, 4) is 6.07 Å². The molecule has 2 heterocycles. The SMILES string of the molecule is N#Cc1ccc(C(F)(F)F)nc1NC1CCCNC1. The second kappa shape index (κ2) is 5.45. The lowest BCUT2D eigenvalue weighted by Gasteiger charge is -2.25. The van der Waals surface area contributed by atoms with Crippen LogP contribution in [0, 0.1) is 11.3 Å². The molecule has 102 valence electrons. The van der Waals surface area contributed by atoms with Gasteiger partial charge in [0.1, 0.15) is 17.6 Å². The minimum absolute atomic E-state index is 0.00293. The Labute approximate surface area is 108 Å². The fourth-order valence-corrected chi connectivity index (χ4v) is 1.99. The van der Waals surface area contributed by atoms with E-state index in [1.807, 2.05) is 6.07 Å². The van der Waals surface area contributed by atoms with Crippen LogP contribution in [0.3, 0.4) is 0 Å². The highest BCUT2D eigenvalue weighted by Crippen LogP contribution is 2.29. The predicted octanol–water partition coefficient (Wildman–Crippen LogP) is 2.14. The number of pyridine rings is 1. The van der Waals surface area contributed by atoms with E-state index in [4.69, 9.17) is 5.26 Å². The van der Waals surface area contributed by atoms with Crippen molar-refractivity contribution in [3.63, 3.8) is 0 Å². The van der Waals surface area contributed by atoms with Gasteiger partial charge in [0, 0.05) is 12.6 Å². The normalized spacial score (nSPS) is 19.8. The summed E-state index contributed by atoms with van der Waals surface area (Å²) in [5.74, 6) is 0.00558. The highest BCUT2D eigenvalue weighted by Gasteiger charge is 2.33. The van der Waals surface area contributed by atoms with Gasteiger partial charge in [0.05, 0.1) is 5.56 Å². The second-order valence-corrected chi connectivity index (χ2v) is 4.39. The molecular formula is C12H13F3N4. The average molecular weight is 270 g/mol. The number of piperidine rings is 1. The van der Waals surface area contributed by atoms with E-state index in [1.165, 1.54) is 0 Å². The first-order chi connectivity index (χ1) is 9.00. The van der Waals surface area contributed by atoms with E-state index in [1.54, 1.807) is 0 Å². The third kappa shape index (κ3) is 3.35. The van der Waals surface area contributed by atoms with Crippen LogP contribution in [0.5, 0.6) is 0 Å². The molecule has 2 rings (SSSR count). The number of nitrogens with zero attached hydrogens (tertiary/aromatic N) is 2. The Kier molecular flexibility index (Phi) is 3.90. The fourth-order valence-electron chi connectivity index (χ4n) is 1.99. The standard InChI is InChI=1S/C12H13F3N4/c13-12(14,15)10-4-3-8(6-16)11(19-10)18-9-2-1-5-17-7-9/h3-4,9,17H,1-2,5,7H2,(H,18,19). The first-order valence-electron chi connectivity index (χ1n) is 5.96. The molecule has 1 unspecified atom stereocenters. The van der Waals surface area contributed by atoms with Gasteiger partial charge in [0.15, 0.2) is 0 Å². The molecule has 0 aliphatic carbocycles. The Morgan fingerprint density at radius 1 is 1.42 bits per heavy atom. The molecule has 1 fully saturated rings. The van der Waals surface area contributed by atoms with Gasteiger partial charge in [0.25, 0.3) is 0 Å². The lowest BCUT2D eigenvalue weighted by molar-refractivity contribution is -0.141. The maximum absolute atomic E-state index is 12.6. The first-order valence-corrected chi connectivity index (χ1v) is 5.96. The maximum atomic E-state index is 12.6. The highest BCUT2D eigenvalue weighted by molar-refractivity contribution is 5.53. The molecule has 0 aromatic carbocycles. The Morgan fingerprint density at radius 2 is 2.21 bits per heavy atom. The molecule has 0 spiro atoms. The summed E-state index contributed by atoms with van der Waals surface area (Å²) >= 11 is 0. The molecule has 2 N–H and O–H groups in total. The first kappa shape index (κ1) is 13.6. The van der Waals surface area contributed by atoms with Crippen LogP contribution < -0.4 is 10.6 Å². The van der Waals surface area contributed by atoms with Gasteiger partial charge in [-0.1, -0.05) is 0 Å². The summed E-state index contributed by atoms with van der Waals surface area (Å²) in [4.78, 5) is 3.52. The van der Waals surface area contributed by atoms with Crippen molar-refractivity contribution in [3.05, 3.63) is 23.4 Å². The molecule has 4 nitrogen and oxygen atoms in total. The number of aromatic nitrogens is 1. The van der Waals surface area contributed by atoms with Crippen molar-refractivity contribution in [2.24, 2.45) is 0 Å². The maximum Gasteiger partial charge on any atom is 0.433 e. The van der Waals surface area contributed by atoms with E-state index in [2.05, 4.69) is 15.6 Å². The van der Waals surface area contributed by atoms with Crippen LogP contribution in [0.25, 0.3) is 0 Å². The van der Waals surface area contributed by atoms with Crippen LogP contribution in [0.1, 0.15) is 24.1 Å². The van der Waals surface area contributed by atoms with Crippen LogP contribution in [-0.2, 0) is 6.18 Å². The van der Waals surface area contributed by atoms with E-state index in [9.17, 15) is 13.2 Å². The zero-order valence-electron chi connectivity index (χ0n) is 10.1. The quantitative estimate of drug-likeness (QED) is 0.864. The Hall–Kier alpha value is -1.81. The molecule has 1 aromatic heterocycles. The van der Waals surface area contributed by atoms with Gasteiger partial charge >= 0.3 is 6.18 Å². The summed E-state index contributed by atoms with van der Waals surface area (Å²) in [6, 6.07) is 3.82. The lowest BCUT2D eigenvalue weighted by Crippen LogP contribution is -2.38. The number of nitrogens with one attached hydrogen (secondary N) is 2. The van der Waals surface area contributed by atoms with Crippen molar-refractivity contribution in [2.75, 3.05) is 18.4 Å². The second-order valence-electron chi connectivity index (χ2n) is 4.39. The molecule has 19 heavy (non-hydrogen) atoms. The van der Waals surface area contributed by atoms with Crippen LogP contribution in [0.4, 0.5) is 19.0 Å². The zero-order valence-corrected chi connectivity index (χ0v) is 10.1. The smallest absolute Gasteiger partial charge is 0.365 e. The van der Waals surface area contributed by atoms with E-state index in [0.29, 0.717) is 6.54 Å². The number of anilines is 1. The van der Waals surface area contributed by atoms with Crippen molar-refractivity contribution < 1.29 is 13.2 Å². The third-order valence-corrected chi connectivity index (χ3v) is 2.94. The number of hydrogen-bond donors (Lipinski definition) is 2. The topological polar surface area (TPSA) is 60.7 Å². The Bertz CT molecular complexity index is 487. The number of rotatable bonds is 2. The van der Waals surface area contributed by atoms with Crippen molar-refractivity contribution in [2.45, 2.75) is 25.1 Å². The molecule has 0 bridgehead atoms. The van der Waals surface area contributed by atoms with Gasteiger partial charge in [-0.15, -0.1) is 0 Å². The van der Waals surface area contributed by atoms with Crippen LogP contribution >= 0.6 is 0 Å². The highest BCUT2D eigenvalue weighted by atomic mass is 19.4. The summed E-state index contributed by atoms with van der Waals surface area (Å²) in [5.41, 5.74) is -0.864. The largest absolute Gasteiger partial charge is 0.433 e. The Morgan fingerprint density at radius 3 is 2.79 bits per heavy atom. The summed E-state index contributed by atoms with van der Waals surface area (Å²) < 4.78 is 37.8. The van der Waals surface area contributed by atoms with Crippen molar-refractivity contribution in [1.29, 1.82) is 5.26 Å². The van der Waals surface area contributed by atoms with Crippen LogP contribution in [-0.4, -0.2) is 24.1 Å². The van der Waals surface area contributed by atoms with Gasteiger partial charge < -0.3 is 10.6 Å². The predicted molar refractivity (Wildman–Crippen MR) is 63.5 cm³/mol. The number of halogens is 3. The molecule has 1 atom stereocenters. The van der Waals surface area contributed by atoms with Gasteiger partial charge in [-0.25, -0.2) is 4.98 Å². The number of alkyl halides is 3. The summed E-state index contributed by atoms with van der Waals surface area (Å²) in [7, 11) is 0. The van der Waals surface area contributed by atoms with E-state index < -0.39 is 11.9 Å². The van der Waals surface area contributed by atoms with Gasteiger partial charge in [-0.3, -0.25) is 0 Å². The summed E-state index contributed by atoms with van der Waals surface area (Å²) in [6.45, 7) is 1.56. The molecule has 0 saturated carbocycles. The lowest BCUT2D eigenvalue weighted by atomic mass is 10.1. The molecule has 1 saturated heterocycles. The number of nitriles is 1. The van der Waals surface area contributed by atoms with E-state index in [0.717, 1.165) is 31.5 Å². The van der Waals surface area contributed by atoms with Gasteiger partial charge in [-0.05, 0) is 31.5 Å². The van der Waals surface area contributed by atoms with Gasteiger partial charge in [-0.2, -0.15) is 18.4 Å². The van der Waals surface area contributed by atoms with E-state index >= 15 is 0 Å². The fraction of sp³-hybridized carbons (Fsp3) is 0.500. The average Bonchev–Trinajstić information content (AvgIpc) is 2.39. The van der Waals surface area contributed by atoms with Crippen molar-refractivity contribution >= 4 is 5.82 Å². The Balaban J connectivity index is 2.23. The van der Waals surface area contributed by atoms with Crippen LogP contribution in [0.15, 0.2) is 12.1 Å². The molecule has 0 radical (unpaired) electrons. The van der Waals surface area contributed by atoms with Gasteiger partial charge in [0.2, 0.25) is 0 Å². The molecule has 1 aliphatic heterocycles. The summed E-state index contributed by atoms with van der Waals surface area (Å²) in [6.07, 6.45) is -2.72. The minimum Gasteiger partial charge on any atom is -0.365 e. The molecule has 7 heteroatoms. The zero-order chi connectivity index (χ0) is 13.9. The molecular weight excluding hydrogens is 257 g/mol. The monoisotopic (exact) mass is 270 g/mol. The van der Waals surface area contributed by atoms with Crippen LogP contribution in [0.2, 0.25) is 0 Å². The third-order valence-electron chi connectivity index (χ3n) is 2.94. The molecule has 1 aliphatic rings. The number of hydrogen-bond acceptors (Lipinski definition) is 4. The minimum atomic E-state index is -4.50. The molecule has 0 amide bonds.